The molecule has 0 radical (unpaired) electrons. The van der Waals surface area contributed by atoms with Gasteiger partial charge >= 0.3 is 0 Å². The molecule has 5 rings (SSSR count). The van der Waals surface area contributed by atoms with Gasteiger partial charge in [0.15, 0.2) is 11.3 Å². The van der Waals surface area contributed by atoms with Gasteiger partial charge in [0.1, 0.15) is 11.6 Å². The van der Waals surface area contributed by atoms with E-state index in [-0.39, 0.29) is 11.5 Å². The number of carbonyl (C=O) groups is 1. The van der Waals surface area contributed by atoms with Crippen LogP contribution in [0.2, 0.25) is 0 Å². The van der Waals surface area contributed by atoms with Crippen molar-refractivity contribution in [3.05, 3.63) is 96.2 Å². The maximum atomic E-state index is 13.2. The second-order valence-electron chi connectivity index (χ2n) is 7.59. The molecule has 3 aromatic heterocycles. The first-order valence-corrected chi connectivity index (χ1v) is 10.3. The van der Waals surface area contributed by atoms with Crippen LogP contribution in [0, 0.1) is 5.82 Å². The summed E-state index contributed by atoms with van der Waals surface area (Å²) < 4.78 is 14.8. The number of anilines is 2. The third kappa shape index (κ3) is 4.29. The molecule has 1 amide bonds. The fraction of sp³-hybridized carbons (Fsp3) is 0.0833. The molecule has 9 heteroatoms. The topological polar surface area (TPSA) is 91.2 Å². The number of aromatic nitrogens is 5. The van der Waals surface area contributed by atoms with Crippen molar-refractivity contribution in [3.8, 4) is 11.3 Å². The summed E-state index contributed by atoms with van der Waals surface area (Å²) in [5.41, 5.74) is 3.89. The van der Waals surface area contributed by atoms with Crippen molar-refractivity contribution < 1.29 is 9.18 Å². The van der Waals surface area contributed by atoms with Gasteiger partial charge < -0.3 is 10.2 Å². The van der Waals surface area contributed by atoms with E-state index in [0.717, 1.165) is 22.6 Å². The average Bonchev–Trinajstić information content (AvgIpc) is 3.51. The first-order chi connectivity index (χ1) is 16.1. The van der Waals surface area contributed by atoms with Gasteiger partial charge in [0.25, 0.3) is 5.91 Å². The molecule has 0 bridgehead atoms. The second-order valence-corrected chi connectivity index (χ2v) is 7.59. The van der Waals surface area contributed by atoms with Crippen LogP contribution >= 0.6 is 0 Å². The summed E-state index contributed by atoms with van der Waals surface area (Å²) in [6.07, 6.45) is 3.45. The van der Waals surface area contributed by atoms with Gasteiger partial charge in [-0.2, -0.15) is 10.2 Å². The number of benzene rings is 2. The first kappa shape index (κ1) is 20.4. The molecule has 0 fully saturated rings. The number of hydrogen-bond acceptors (Lipinski definition) is 5. The molecule has 0 aliphatic carbocycles. The second kappa shape index (κ2) is 8.54. The average molecular weight is 441 g/mol. The van der Waals surface area contributed by atoms with E-state index in [0.29, 0.717) is 17.9 Å². The van der Waals surface area contributed by atoms with Crippen LogP contribution in [0.4, 0.5) is 15.9 Å². The summed E-state index contributed by atoms with van der Waals surface area (Å²) in [4.78, 5) is 19.6. The Morgan fingerprint density at radius 2 is 1.91 bits per heavy atom. The largest absolute Gasteiger partial charge is 0.355 e. The zero-order chi connectivity index (χ0) is 22.8. The SMILES string of the molecule is CN(Cc1ccccc1)c1cc(-c2cn[nH]c2)n2nc(C(=O)Nc3ccc(F)cc3)cc2n1. The van der Waals surface area contributed by atoms with Gasteiger partial charge in [-0.05, 0) is 29.8 Å². The van der Waals surface area contributed by atoms with Crippen LogP contribution in [0.15, 0.2) is 79.1 Å². The molecule has 5 aromatic rings. The Hall–Kier alpha value is -4.53. The van der Waals surface area contributed by atoms with Gasteiger partial charge in [-0.1, -0.05) is 30.3 Å². The van der Waals surface area contributed by atoms with Gasteiger partial charge in [-0.25, -0.2) is 13.9 Å². The van der Waals surface area contributed by atoms with E-state index in [1.165, 1.54) is 24.3 Å². The highest BCUT2D eigenvalue weighted by molar-refractivity contribution is 6.03. The van der Waals surface area contributed by atoms with Gasteiger partial charge in [-0.3, -0.25) is 9.89 Å². The number of rotatable bonds is 6. The molecule has 0 spiro atoms. The fourth-order valence-electron chi connectivity index (χ4n) is 3.53. The van der Waals surface area contributed by atoms with Crippen LogP contribution in [0.3, 0.4) is 0 Å². The number of H-pyrrole nitrogens is 1. The Balaban J connectivity index is 1.51. The summed E-state index contributed by atoms with van der Waals surface area (Å²) in [7, 11) is 1.96. The van der Waals surface area contributed by atoms with Gasteiger partial charge in [0, 0.05) is 43.2 Å². The number of nitrogens with zero attached hydrogens (tertiary/aromatic N) is 5. The van der Waals surface area contributed by atoms with Gasteiger partial charge in [-0.15, -0.1) is 0 Å². The maximum Gasteiger partial charge on any atom is 0.276 e. The van der Waals surface area contributed by atoms with Crippen LogP contribution in [0.1, 0.15) is 16.1 Å². The fourth-order valence-corrected chi connectivity index (χ4v) is 3.53. The normalized spacial score (nSPS) is 11.0. The van der Waals surface area contributed by atoms with E-state index in [9.17, 15) is 9.18 Å². The molecule has 33 heavy (non-hydrogen) atoms. The predicted molar refractivity (Wildman–Crippen MR) is 123 cm³/mol. The molecule has 0 saturated heterocycles. The molecule has 8 nitrogen and oxygen atoms in total. The van der Waals surface area contributed by atoms with Crippen molar-refractivity contribution in [2.45, 2.75) is 6.54 Å². The molecule has 2 N–H and O–H groups in total. The lowest BCUT2D eigenvalue weighted by Crippen LogP contribution is -2.18. The van der Waals surface area contributed by atoms with Crippen molar-refractivity contribution in [1.82, 2.24) is 24.8 Å². The molecular weight excluding hydrogens is 421 g/mol. The minimum atomic E-state index is -0.413. The van der Waals surface area contributed by atoms with E-state index < -0.39 is 5.91 Å². The minimum absolute atomic E-state index is 0.194. The Morgan fingerprint density at radius 3 is 2.64 bits per heavy atom. The van der Waals surface area contributed by atoms with Crippen LogP contribution in [-0.4, -0.2) is 37.8 Å². The number of amides is 1. The van der Waals surface area contributed by atoms with Crippen molar-refractivity contribution in [3.63, 3.8) is 0 Å². The predicted octanol–water partition coefficient (Wildman–Crippen LogP) is 4.15. The molecular formula is C24H20FN7O. The highest BCUT2D eigenvalue weighted by Gasteiger charge is 2.18. The van der Waals surface area contributed by atoms with E-state index in [1.54, 1.807) is 23.0 Å². The molecule has 0 saturated carbocycles. The van der Waals surface area contributed by atoms with Crippen molar-refractivity contribution in [2.75, 3.05) is 17.3 Å². The third-order valence-electron chi connectivity index (χ3n) is 5.20. The monoisotopic (exact) mass is 441 g/mol. The summed E-state index contributed by atoms with van der Waals surface area (Å²) in [5, 5.41) is 14.1. The lowest BCUT2D eigenvalue weighted by atomic mass is 10.2. The standard InChI is InChI=1S/C24H20FN7O/c1-31(15-16-5-3-2-4-6-16)22-12-21(17-13-26-27-14-17)32-23(29-22)11-20(30-32)24(33)28-19-9-7-18(25)8-10-19/h2-14H,15H2,1H3,(H,26,27)(H,28,33). The quantitative estimate of drug-likeness (QED) is 0.413. The Morgan fingerprint density at radius 1 is 1.12 bits per heavy atom. The number of halogens is 1. The van der Waals surface area contributed by atoms with E-state index in [1.807, 2.05) is 36.2 Å². The molecule has 0 aliphatic rings. The highest BCUT2D eigenvalue weighted by Crippen LogP contribution is 2.25. The van der Waals surface area contributed by atoms with Crippen molar-refractivity contribution >= 4 is 23.1 Å². The molecule has 0 unspecified atom stereocenters. The Labute approximate surface area is 188 Å². The van der Waals surface area contributed by atoms with Crippen molar-refractivity contribution in [2.24, 2.45) is 0 Å². The molecule has 3 heterocycles. The smallest absolute Gasteiger partial charge is 0.276 e. The van der Waals surface area contributed by atoms with Crippen molar-refractivity contribution in [1.29, 1.82) is 0 Å². The number of fused-ring (bicyclic) bond motifs is 1. The molecule has 2 aromatic carbocycles. The van der Waals surface area contributed by atoms with Crippen LogP contribution in [-0.2, 0) is 6.54 Å². The summed E-state index contributed by atoms with van der Waals surface area (Å²) >= 11 is 0. The number of carbonyl (C=O) groups excluding carboxylic acids is 1. The number of nitrogens with one attached hydrogen (secondary N) is 2. The number of aromatic amines is 1. The van der Waals surface area contributed by atoms with E-state index >= 15 is 0 Å². The lowest BCUT2D eigenvalue weighted by molar-refractivity contribution is 0.102. The van der Waals surface area contributed by atoms with E-state index in [4.69, 9.17) is 4.98 Å². The molecule has 0 aliphatic heterocycles. The summed E-state index contributed by atoms with van der Waals surface area (Å²) in [6.45, 7) is 0.668. The highest BCUT2D eigenvalue weighted by atomic mass is 19.1. The van der Waals surface area contributed by atoms with Gasteiger partial charge in [0.2, 0.25) is 0 Å². The van der Waals surface area contributed by atoms with Gasteiger partial charge in [0.05, 0.1) is 11.9 Å². The minimum Gasteiger partial charge on any atom is -0.355 e. The van der Waals surface area contributed by atoms with Crippen LogP contribution < -0.4 is 10.2 Å². The third-order valence-corrected chi connectivity index (χ3v) is 5.20. The zero-order valence-corrected chi connectivity index (χ0v) is 17.7. The summed E-state index contributed by atoms with van der Waals surface area (Å²) in [6, 6.07) is 19.2. The Bertz CT molecular complexity index is 1400. The summed E-state index contributed by atoms with van der Waals surface area (Å²) in [5.74, 6) is -0.0563. The molecule has 164 valence electrons. The van der Waals surface area contributed by atoms with E-state index in [2.05, 4.69) is 32.7 Å². The first-order valence-electron chi connectivity index (χ1n) is 10.3. The molecule has 0 atom stereocenters. The Kier molecular flexibility index (Phi) is 5.27. The number of hydrogen-bond donors (Lipinski definition) is 2. The maximum absolute atomic E-state index is 13.2. The zero-order valence-electron chi connectivity index (χ0n) is 17.7. The lowest BCUT2D eigenvalue weighted by Gasteiger charge is -2.19. The van der Waals surface area contributed by atoms with Crippen LogP contribution in [0.25, 0.3) is 16.9 Å². The van der Waals surface area contributed by atoms with Crippen LogP contribution in [0.5, 0.6) is 0 Å².